The van der Waals surface area contributed by atoms with Crippen molar-refractivity contribution >= 4 is 14.2 Å². The summed E-state index contributed by atoms with van der Waals surface area (Å²) in [4.78, 5) is 10.5. The van der Waals surface area contributed by atoms with Gasteiger partial charge in [0.05, 0.1) is 13.3 Å². The summed E-state index contributed by atoms with van der Waals surface area (Å²) in [5.41, 5.74) is 1.87. The maximum Gasteiger partial charge on any atom is 0.507 e. The normalized spacial score (nSPS) is 10.5. The smallest absolute Gasteiger partial charge is 0.438 e. The highest BCUT2D eigenvalue weighted by Gasteiger charge is 2.18. The number of hydrogen-bond donors (Lipinski definition) is 0. The largest absolute Gasteiger partial charge is 0.507 e. The number of rotatable bonds is 3. The second kappa shape index (κ2) is 4.18. The lowest BCUT2D eigenvalue weighted by molar-refractivity contribution is 0.0852. The first-order valence-corrected chi connectivity index (χ1v) is 6.64. The van der Waals surface area contributed by atoms with Gasteiger partial charge in [0.1, 0.15) is 8.07 Å². The van der Waals surface area contributed by atoms with Crippen molar-refractivity contribution in [3.63, 3.8) is 0 Å². The summed E-state index contributed by atoms with van der Waals surface area (Å²) in [7, 11) is -0.219. The molecule has 0 unspecified atom stereocenters. The van der Waals surface area contributed by atoms with Gasteiger partial charge in [-0.15, -0.1) is 6.58 Å². The molecular weight excluding hydrogens is 160 g/mol. The molecule has 4 heteroatoms. The summed E-state index contributed by atoms with van der Waals surface area (Å²) in [5.74, 6) is 0. The van der Waals surface area contributed by atoms with Crippen LogP contribution in [0.1, 0.15) is 0 Å². The van der Waals surface area contributed by atoms with Crippen LogP contribution >= 0.6 is 0 Å². The molecule has 0 atom stereocenters. The van der Waals surface area contributed by atoms with Crippen molar-refractivity contribution in [3.8, 4) is 0 Å². The Morgan fingerprint density at radius 3 is 2.55 bits per heavy atom. The number of carbonyl (C=O) groups is 1. The lowest BCUT2D eigenvalue weighted by atomic mass is 11.3. The fraction of sp³-hybridized carbons (Fsp3) is 0.571. The van der Waals surface area contributed by atoms with E-state index in [1.165, 1.54) is 7.11 Å². The summed E-state index contributed by atoms with van der Waals surface area (Å²) in [6.07, 6.45) is -0.184. The molecule has 0 fully saturated rings. The van der Waals surface area contributed by atoms with Crippen molar-refractivity contribution in [2.75, 3.05) is 13.3 Å². The monoisotopic (exact) mass is 174 g/mol. The van der Waals surface area contributed by atoms with Gasteiger partial charge in [0.2, 0.25) is 0 Å². The predicted octanol–water partition coefficient (Wildman–Crippen LogP) is 1.74. The van der Waals surface area contributed by atoms with Crippen LogP contribution in [-0.2, 0) is 9.47 Å². The summed E-state index contributed by atoms with van der Waals surface area (Å²) < 4.78 is 9.09. The molecule has 0 spiro atoms. The fourth-order valence-electron chi connectivity index (χ4n) is 0.363. The van der Waals surface area contributed by atoms with E-state index in [2.05, 4.69) is 24.4 Å². The van der Waals surface area contributed by atoms with Crippen LogP contribution in [-0.4, -0.2) is 27.6 Å². The first kappa shape index (κ1) is 10.2. The molecule has 0 amide bonds. The number of ether oxygens (including phenoxy) is 2. The maximum atomic E-state index is 10.5. The van der Waals surface area contributed by atoms with Crippen LogP contribution in [0, 0.1) is 0 Å². The Hall–Kier alpha value is -0.773. The minimum absolute atomic E-state index is 0.434. The molecule has 0 aliphatic heterocycles. The molecule has 0 aromatic rings. The van der Waals surface area contributed by atoms with E-state index in [-0.39, 0.29) is 0 Å². The quantitative estimate of drug-likeness (QED) is 0.483. The Labute approximate surface area is 68.0 Å². The zero-order valence-corrected chi connectivity index (χ0v) is 8.22. The Bertz CT molecular complexity index is 154. The third-order valence-electron chi connectivity index (χ3n) is 1.28. The summed E-state index contributed by atoms with van der Waals surface area (Å²) in [6, 6.07) is 0. The lowest BCUT2D eigenvalue weighted by Gasteiger charge is -2.15. The summed E-state index contributed by atoms with van der Waals surface area (Å²) in [5, 5.41) is 0. The predicted molar refractivity (Wildman–Crippen MR) is 46.0 cm³/mol. The molecule has 0 bridgehead atoms. The van der Waals surface area contributed by atoms with Gasteiger partial charge in [-0.25, -0.2) is 4.79 Å². The third kappa shape index (κ3) is 4.61. The highest BCUT2D eigenvalue weighted by molar-refractivity contribution is 6.82. The molecule has 0 saturated carbocycles. The minimum atomic E-state index is -1.52. The molecule has 11 heavy (non-hydrogen) atoms. The van der Waals surface area contributed by atoms with E-state index in [9.17, 15) is 4.79 Å². The maximum absolute atomic E-state index is 10.5. The number of carbonyl (C=O) groups excluding carboxylic acids is 1. The summed E-state index contributed by atoms with van der Waals surface area (Å²) in [6.45, 7) is 7.78. The highest BCUT2D eigenvalue weighted by Crippen LogP contribution is 2.03. The Morgan fingerprint density at radius 1 is 1.64 bits per heavy atom. The van der Waals surface area contributed by atoms with Crippen LogP contribution in [0.25, 0.3) is 0 Å². The third-order valence-corrected chi connectivity index (χ3v) is 3.27. The van der Waals surface area contributed by atoms with Gasteiger partial charge in [0, 0.05) is 0 Å². The molecule has 0 aromatic carbocycles. The van der Waals surface area contributed by atoms with Crippen LogP contribution in [0.5, 0.6) is 0 Å². The van der Waals surface area contributed by atoms with Crippen molar-refractivity contribution in [2.24, 2.45) is 0 Å². The minimum Gasteiger partial charge on any atom is -0.438 e. The van der Waals surface area contributed by atoms with Gasteiger partial charge >= 0.3 is 6.16 Å². The van der Waals surface area contributed by atoms with Crippen molar-refractivity contribution in [1.82, 2.24) is 0 Å². The van der Waals surface area contributed by atoms with Crippen LogP contribution in [0.3, 0.4) is 0 Å². The SMILES string of the molecule is C=C[Si](C)(C)COC(=O)OC. The summed E-state index contributed by atoms with van der Waals surface area (Å²) >= 11 is 0. The van der Waals surface area contributed by atoms with E-state index in [4.69, 9.17) is 4.74 Å². The molecule has 0 rings (SSSR count). The van der Waals surface area contributed by atoms with Crippen LogP contribution < -0.4 is 0 Å². The van der Waals surface area contributed by atoms with Gasteiger partial charge in [-0.3, -0.25) is 0 Å². The van der Waals surface area contributed by atoms with Crippen molar-refractivity contribution in [1.29, 1.82) is 0 Å². The van der Waals surface area contributed by atoms with E-state index in [0.717, 1.165) is 0 Å². The van der Waals surface area contributed by atoms with Gasteiger partial charge in [-0.1, -0.05) is 18.8 Å². The first-order chi connectivity index (χ1) is 5.02. The van der Waals surface area contributed by atoms with Crippen molar-refractivity contribution in [3.05, 3.63) is 12.3 Å². The van der Waals surface area contributed by atoms with Gasteiger partial charge in [-0.2, -0.15) is 0 Å². The number of methoxy groups -OCH3 is 1. The average molecular weight is 174 g/mol. The van der Waals surface area contributed by atoms with E-state index >= 15 is 0 Å². The average Bonchev–Trinajstić information content (AvgIpc) is 2.00. The molecule has 0 N–H and O–H groups in total. The molecule has 0 aliphatic rings. The van der Waals surface area contributed by atoms with E-state index in [1.807, 2.05) is 5.70 Å². The van der Waals surface area contributed by atoms with Gasteiger partial charge < -0.3 is 9.47 Å². The second-order valence-corrected chi connectivity index (χ2v) is 7.61. The van der Waals surface area contributed by atoms with E-state index in [0.29, 0.717) is 6.23 Å². The molecule has 0 saturated heterocycles. The number of hydrogen-bond acceptors (Lipinski definition) is 3. The second-order valence-electron chi connectivity index (χ2n) is 2.94. The van der Waals surface area contributed by atoms with Gasteiger partial charge in [0.25, 0.3) is 0 Å². The highest BCUT2D eigenvalue weighted by atomic mass is 28.3. The molecular formula is C7H14O3Si. The molecule has 0 heterocycles. The molecule has 64 valence electrons. The molecule has 0 aromatic heterocycles. The van der Waals surface area contributed by atoms with Gasteiger partial charge in [0.15, 0.2) is 0 Å². The zero-order valence-electron chi connectivity index (χ0n) is 7.22. The van der Waals surface area contributed by atoms with Crippen molar-refractivity contribution in [2.45, 2.75) is 13.1 Å². The van der Waals surface area contributed by atoms with Crippen molar-refractivity contribution < 1.29 is 14.3 Å². The Morgan fingerprint density at radius 2 is 2.18 bits per heavy atom. The topological polar surface area (TPSA) is 35.5 Å². The van der Waals surface area contributed by atoms with Crippen LogP contribution in [0.2, 0.25) is 13.1 Å². The Balaban J connectivity index is 3.69. The Kier molecular flexibility index (Phi) is 3.88. The fourth-order valence-corrected chi connectivity index (χ4v) is 0.970. The zero-order chi connectivity index (χ0) is 8.91. The standard InChI is InChI=1S/C7H14O3Si/c1-5-11(3,4)6-10-7(8)9-2/h5H,1,6H2,2-4H3. The van der Waals surface area contributed by atoms with Crippen LogP contribution in [0.4, 0.5) is 4.79 Å². The molecule has 0 radical (unpaired) electrons. The van der Waals surface area contributed by atoms with E-state index in [1.54, 1.807) is 0 Å². The molecule has 0 aliphatic carbocycles. The van der Waals surface area contributed by atoms with E-state index < -0.39 is 14.2 Å². The lowest BCUT2D eigenvalue weighted by Crippen LogP contribution is -2.31. The molecule has 3 nitrogen and oxygen atoms in total. The first-order valence-electron chi connectivity index (χ1n) is 3.36. The van der Waals surface area contributed by atoms with Gasteiger partial charge in [-0.05, 0) is 0 Å². The van der Waals surface area contributed by atoms with Crippen LogP contribution in [0.15, 0.2) is 12.3 Å².